The Morgan fingerprint density at radius 2 is 1.75 bits per heavy atom. The molecule has 1 amide bonds. The van der Waals surface area contributed by atoms with Crippen molar-refractivity contribution in [2.24, 2.45) is 0 Å². The number of pyridine rings is 2. The molecule has 5 nitrogen and oxygen atoms in total. The van der Waals surface area contributed by atoms with E-state index in [1.54, 1.807) is 35.4 Å². The number of aromatic nitrogens is 2. The third-order valence-corrected chi connectivity index (χ3v) is 5.71. The molecule has 0 atom stereocenters. The van der Waals surface area contributed by atoms with Crippen molar-refractivity contribution < 1.29 is 23.1 Å². The summed E-state index contributed by atoms with van der Waals surface area (Å²) in [5.74, 6) is -0.159. The number of benzene rings is 1. The lowest BCUT2D eigenvalue weighted by molar-refractivity contribution is -0.141. The fourth-order valence-electron chi connectivity index (χ4n) is 3.64. The van der Waals surface area contributed by atoms with Gasteiger partial charge in [-0.2, -0.15) is 13.2 Å². The molecular weight excluding hydrogens is 443 g/mol. The number of piperidine rings is 1. The van der Waals surface area contributed by atoms with Crippen molar-refractivity contribution in [3.05, 3.63) is 71.3 Å². The van der Waals surface area contributed by atoms with Crippen LogP contribution in [-0.4, -0.2) is 45.1 Å². The first-order valence-electron chi connectivity index (χ1n) is 9.98. The average molecular weight is 462 g/mol. The van der Waals surface area contributed by atoms with Crippen molar-refractivity contribution in [1.29, 1.82) is 0 Å². The van der Waals surface area contributed by atoms with Gasteiger partial charge in [0.15, 0.2) is 0 Å². The molecule has 1 N–H and O–H groups in total. The highest BCUT2D eigenvalue weighted by atomic mass is 35.5. The molecule has 0 bridgehead atoms. The second kappa shape index (κ2) is 8.88. The highest BCUT2D eigenvalue weighted by Gasteiger charge is 2.32. The normalized spacial score (nSPS) is 15.1. The second-order valence-electron chi connectivity index (χ2n) is 7.61. The van der Waals surface area contributed by atoms with Crippen molar-refractivity contribution in [1.82, 2.24) is 14.9 Å². The van der Waals surface area contributed by atoms with Crippen molar-refractivity contribution in [2.75, 3.05) is 13.1 Å². The minimum atomic E-state index is -4.54. The Kier molecular flexibility index (Phi) is 6.17. The van der Waals surface area contributed by atoms with Crippen LogP contribution in [0.1, 0.15) is 28.9 Å². The summed E-state index contributed by atoms with van der Waals surface area (Å²) in [4.78, 5) is 21.9. The summed E-state index contributed by atoms with van der Waals surface area (Å²) < 4.78 is 39.0. The molecule has 0 saturated carbocycles. The highest BCUT2D eigenvalue weighted by Crippen LogP contribution is 2.33. The number of aliphatic hydroxyl groups is 1. The summed E-state index contributed by atoms with van der Waals surface area (Å²) in [6, 6.07) is 9.08. The van der Waals surface area contributed by atoms with E-state index in [-0.39, 0.29) is 12.0 Å². The first kappa shape index (κ1) is 22.2. The maximum Gasteiger partial charge on any atom is 0.433 e. The zero-order chi connectivity index (χ0) is 22.9. The number of hydrogen-bond acceptors (Lipinski definition) is 4. The van der Waals surface area contributed by atoms with Crippen LogP contribution >= 0.6 is 11.6 Å². The maximum atomic E-state index is 13.0. The molecule has 4 rings (SSSR count). The predicted molar refractivity (Wildman–Crippen MR) is 114 cm³/mol. The number of carbonyl (C=O) groups is 1. The second-order valence-corrected chi connectivity index (χ2v) is 8.02. The monoisotopic (exact) mass is 461 g/mol. The fourth-order valence-corrected chi connectivity index (χ4v) is 3.93. The maximum absolute atomic E-state index is 13.0. The number of hydrogen-bond donors (Lipinski definition) is 1. The van der Waals surface area contributed by atoms with Crippen LogP contribution in [0.5, 0.6) is 0 Å². The Morgan fingerprint density at radius 3 is 2.44 bits per heavy atom. The molecule has 3 heterocycles. The lowest BCUT2D eigenvalue weighted by Crippen LogP contribution is -2.40. The smallest absolute Gasteiger partial charge is 0.393 e. The van der Waals surface area contributed by atoms with E-state index in [0.29, 0.717) is 58.8 Å². The third kappa shape index (κ3) is 4.76. The molecule has 0 unspecified atom stereocenters. The predicted octanol–water partition coefficient (Wildman–Crippen LogP) is 5.08. The third-order valence-electron chi connectivity index (χ3n) is 5.40. The van der Waals surface area contributed by atoms with E-state index < -0.39 is 11.9 Å². The molecule has 0 aliphatic carbocycles. The summed E-state index contributed by atoms with van der Waals surface area (Å²) in [5.41, 5.74) is 1.49. The van der Waals surface area contributed by atoms with E-state index in [0.717, 1.165) is 12.3 Å². The Bertz CT molecular complexity index is 1150. The standard InChI is InChI=1S/C23H19ClF3N3O2/c24-20-10-15(22(32)30-7-4-18(31)5-8-30)1-2-19(20)17-9-16(12-28-13-17)14-3-6-29-21(11-14)23(25,26)27/h1-3,6,9-13,18,31H,4-5,7-8H2. The van der Waals surface area contributed by atoms with Crippen LogP contribution in [-0.2, 0) is 6.18 Å². The van der Waals surface area contributed by atoms with Crippen LogP contribution in [0.4, 0.5) is 13.2 Å². The molecule has 0 spiro atoms. The van der Waals surface area contributed by atoms with Crippen molar-refractivity contribution in [3.8, 4) is 22.3 Å². The number of carbonyl (C=O) groups excluding carboxylic acids is 1. The van der Waals surface area contributed by atoms with E-state index in [4.69, 9.17) is 11.6 Å². The summed E-state index contributed by atoms with van der Waals surface area (Å²) in [7, 11) is 0. The Hall–Kier alpha value is -2.97. The van der Waals surface area contributed by atoms with E-state index in [1.807, 2.05) is 0 Å². The van der Waals surface area contributed by atoms with Crippen LogP contribution in [0.2, 0.25) is 5.02 Å². The SMILES string of the molecule is O=C(c1ccc(-c2cncc(-c3ccnc(C(F)(F)F)c3)c2)c(Cl)c1)N1CCC(O)CC1. The lowest BCUT2D eigenvalue weighted by atomic mass is 10.0. The number of alkyl halides is 3. The summed E-state index contributed by atoms with van der Waals surface area (Å²) in [6.45, 7) is 0.967. The molecule has 1 aliphatic rings. The molecule has 3 aromatic rings. The van der Waals surface area contributed by atoms with E-state index in [1.165, 1.54) is 12.3 Å². The lowest BCUT2D eigenvalue weighted by Gasteiger charge is -2.29. The van der Waals surface area contributed by atoms with Gasteiger partial charge in [-0.3, -0.25) is 14.8 Å². The molecule has 1 saturated heterocycles. The number of likely N-dealkylation sites (tertiary alicyclic amines) is 1. The molecule has 1 aliphatic heterocycles. The number of halogens is 4. The van der Waals surface area contributed by atoms with E-state index in [9.17, 15) is 23.1 Å². The number of rotatable bonds is 3. The number of aliphatic hydroxyl groups excluding tert-OH is 1. The molecule has 32 heavy (non-hydrogen) atoms. The largest absolute Gasteiger partial charge is 0.433 e. The van der Waals surface area contributed by atoms with Gasteiger partial charge in [-0.15, -0.1) is 0 Å². The van der Waals surface area contributed by atoms with Gasteiger partial charge >= 0.3 is 6.18 Å². The van der Waals surface area contributed by atoms with Crippen LogP contribution in [0.3, 0.4) is 0 Å². The van der Waals surface area contributed by atoms with Gasteiger partial charge in [-0.1, -0.05) is 17.7 Å². The average Bonchev–Trinajstić information content (AvgIpc) is 2.78. The van der Waals surface area contributed by atoms with Gasteiger partial charge in [0.1, 0.15) is 5.69 Å². The van der Waals surface area contributed by atoms with Crippen LogP contribution < -0.4 is 0 Å². The molecule has 166 valence electrons. The molecular formula is C23H19ClF3N3O2. The molecule has 1 fully saturated rings. The van der Waals surface area contributed by atoms with E-state index >= 15 is 0 Å². The first-order valence-corrected chi connectivity index (χ1v) is 10.4. The minimum absolute atomic E-state index is 0.159. The van der Waals surface area contributed by atoms with Gasteiger partial charge < -0.3 is 10.0 Å². The Labute approximate surface area is 187 Å². The van der Waals surface area contributed by atoms with Gasteiger partial charge in [-0.25, -0.2) is 0 Å². The van der Waals surface area contributed by atoms with Gasteiger partial charge in [0.05, 0.1) is 6.10 Å². The summed E-state index contributed by atoms with van der Waals surface area (Å²) in [5, 5.41) is 9.95. The van der Waals surface area contributed by atoms with E-state index in [2.05, 4.69) is 9.97 Å². The van der Waals surface area contributed by atoms with Crippen molar-refractivity contribution in [3.63, 3.8) is 0 Å². The number of amides is 1. The quantitative estimate of drug-likeness (QED) is 0.590. The Morgan fingerprint density at radius 1 is 1.03 bits per heavy atom. The van der Waals surface area contributed by atoms with Gasteiger partial charge in [-0.05, 0) is 48.7 Å². The van der Waals surface area contributed by atoms with Crippen molar-refractivity contribution in [2.45, 2.75) is 25.1 Å². The first-order chi connectivity index (χ1) is 15.2. The fraction of sp³-hybridized carbons (Fsp3) is 0.261. The van der Waals surface area contributed by atoms with Gasteiger partial charge in [0, 0.05) is 59.0 Å². The van der Waals surface area contributed by atoms with Crippen LogP contribution in [0.15, 0.2) is 55.0 Å². The zero-order valence-electron chi connectivity index (χ0n) is 16.8. The summed E-state index contributed by atoms with van der Waals surface area (Å²) in [6.07, 6.45) is 0.302. The number of nitrogens with zero attached hydrogens (tertiary/aromatic N) is 3. The molecule has 2 aromatic heterocycles. The van der Waals surface area contributed by atoms with Crippen LogP contribution in [0.25, 0.3) is 22.3 Å². The zero-order valence-corrected chi connectivity index (χ0v) is 17.6. The van der Waals surface area contributed by atoms with Gasteiger partial charge in [0.2, 0.25) is 0 Å². The highest BCUT2D eigenvalue weighted by molar-refractivity contribution is 6.33. The molecule has 1 aromatic carbocycles. The summed E-state index contributed by atoms with van der Waals surface area (Å²) >= 11 is 6.46. The molecule has 9 heteroatoms. The van der Waals surface area contributed by atoms with Crippen molar-refractivity contribution >= 4 is 17.5 Å². The Balaban J connectivity index is 1.60. The minimum Gasteiger partial charge on any atom is -0.393 e. The van der Waals surface area contributed by atoms with Gasteiger partial charge in [0.25, 0.3) is 5.91 Å². The topological polar surface area (TPSA) is 66.3 Å². The molecule has 0 radical (unpaired) electrons. The van der Waals surface area contributed by atoms with Crippen LogP contribution in [0, 0.1) is 0 Å².